The lowest BCUT2D eigenvalue weighted by Gasteiger charge is -2.34. The van der Waals surface area contributed by atoms with E-state index in [4.69, 9.17) is 5.73 Å². The van der Waals surface area contributed by atoms with Gasteiger partial charge in [-0.2, -0.15) is 0 Å². The van der Waals surface area contributed by atoms with E-state index in [1.165, 1.54) is 0 Å². The van der Waals surface area contributed by atoms with E-state index in [1.807, 2.05) is 0 Å². The minimum absolute atomic E-state index is 0. The Morgan fingerprint density at radius 2 is 2.05 bits per heavy atom. The third-order valence-electron chi connectivity index (χ3n) is 3.58. The lowest BCUT2D eigenvalue weighted by molar-refractivity contribution is -0.119. The van der Waals surface area contributed by atoms with Crippen molar-refractivity contribution < 1.29 is 4.79 Å². The molecule has 0 bridgehead atoms. The molecule has 0 radical (unpaired) electrons. The molecule has 1 aliphatic rings. The number of carbonyl (C=O) groups excluding carboxylic acids is 1. The summed E-state index contributed by atoms with van der Waals surface area (Å²) in [7, 11) is 1.80. The van der Waals surface area contributed by atoms with Gasteiger partial charge in [-0.15, -0.1) is 24.0 Å². The van der Waals surface area contributed by atoms with Crippen LogP contribution in [0.2, 0.25) is 0 Å². The first kappa shape index (κ1) is 21.4. The maximum Gasteiger partial charge on any atom is 0.217 e. The van der Waals surface area contributed by atoms with E-state index in [-0.39, 0.29) is 35.4 Å². The molecule has 1 rings (SSSR count). The van der Waals surface area contributed by atoms with Gasteiger partial charge in [0.15, 0.2) is 5.96 Å². The van der Waals surface area contributed by atoms with Crippen LogP contribution in [-0.4, -0.2) is 55.5 Å². The summed E-state index contributed by atoms with van der Waals surface area (Å²) in [5.74, 6) is 1.06. The molecule has 7 heteroatoms. The summed E-state index contributed by atoms with van der Waals surface area (Å²) in [6, 6.07) is 0. The Labute approximate surface area is 151 Å². The number of halogens is 1. The number of aliphatic imine (C=N–C) groups is 1. The summed E-state index contributed by atoms with van der Waals surface area (Å²) in [5, 5.41) is 6.82. The van der Waals surface area contributed by atoms with Crippen LogP contribution in [0.4, 0.5) is 0 Å². The van der Waals surface area contributed by atoms with E-state index < -0.39 is 0 Å². The van der Waals surface area contributed by atoms with Crippen LogP contribution < -0.4 is 16.4 Å². The van der Waals surface area contributed by atoms with Crippen molar-refractivity contribution in [2.24, 2.45) is 16.6 Å². The predicted octanol–water partition coefficient (Wildman–Crippen LogP) is 1.16. The van der Waals surface area contributed by atoms with Crippen molar-refractivity contribution >= 4 is 35.8 Å². The number of hydrogen-bond acceptors (Lipinski definition) is 3. The zero-order chi connectivity index (χ0) is 15.9. The molecule has 1 fully saturated rings. The Kier molecular flexibility index (Phi) is 9.99. The second-order valence-electron chi connectivity index (χ2n) is 6.78. The Hall–Kier alpha value is -0.570. The van der Waals surface area contributed by atoms with Crippen LogP contribution in [0.5, 0.6) is 0 Å². The third kappa shape index (κ3) is 8.77. The van der Waals surface area contributed by atoms with Gasteiger partial charge in [-0.1, -0.05) is 0 Å². The van der Waals surface area contributed by atoms with Crippen LogP contribution in [0.25, 0.3) is 0 Å². The molecule has 130 valence electrons. The monoisotopic (exact) mass is 425 g/mol. The molecule has 4 N–H and O–H groups in total. The molecule has 0 aliphatic carbocycles. The summed E-state index contributed by atoms with van der Waals surface area (Å²) in [4.78, 5) is 17.6. The van der Waals surface area contributed by atoms with Crippen LogP contribution in [0, 0.1) is 5.92 Å². The fourth-order valence-electron chi connectivity index (χ4n) is 2.65. The fraction of sp³-hybridized carbons (Fsp3) is 0.867. The molecule has 6 nitrogen and oxygen atoms in total. The minimum Gasteiger partial charge on any atom is -0.370 e. The van der Waals surface area contributed by atoms with E-state index in [0.29, 0.717) is 12.3 Å². The largest absolute Gasteiger partial charge is 0.370 e. The molecule has 1 unspecified atom stereocenters. The molecule has 0 aromatic rings. The first-order chi connectivity index (χ1) is 9.81. The van der Waals surface area contributed by atoms with Crippen molar-refractivity contribution in [3.8, 4) is 0 Å². The minimum atomic E-state index is -0.209. The number of hydrogen-bond donors (Lipinski definition) is 3. The van der Waals surface area contributed by atoms with Gasteiger partial charge in [0.25, 0.3) is 0 Å². The van der Waals surface area contributed by atoms with Gasteiger partial charge in [-0.05, 0) is 39.5 Å². The summed E-state index contributed by atoms with van der Waals surface area (Å²) in [6.45, 7) is 10.0. The highest BCUT2D eigenvalue weighted by molar-refractivity contribution is 14.0. The van der Waals surface area contributed by atoms with Crippen molar-refractivity contribution in [3.63, 3.8) is 0 Å². The average molecular weight is 425 g/mol. The number of nitrogens with zero attached hydrogens (tertiary/aromatic N) is 2. The second-order valence-corrected chi connectivity index (χ2v) is 6.78. The van der Waals surface area contributed by atoms with Gasteiger partial charge in [0.05, 0.1) is 0 Å². The van der Waals surface area contributed by atoms with Crippen molar-refractivity contribution in [1.82, 2.24) is 15.5 Å². The van der Waals surface area contributed by atoms with Crippen molar-refractivity contribution in [1.29, 1.82) is 0 Å². The van der Waals surface area contributed by atoms with E-state index in [2.05, 4.69) is 41.3 Å². The number of carbonyl (C=O) groups is 1. The Bertz CT molecular complexity index is 367. The Balaban J connectivity index is 0.00000441. The molecule has 1 aliphatic heterocycles. The molecule has 0 spiro atoms. The van der Waals surface area contributed by atoms with Crippen molar-refractivity contribution in [3.05, 3.63) is 0 Å². The number of nitrogens with two attached hydrogens (primary N) is 1. The van der Waals surface area contributed by atoms with E-state index in [0.717, 1.165) is 45.0 Å². The van der Waals surface area contributed by atoms with Crippen molar-refractivity contribution in [2.75, 3.05) is 33.2 Å². The van der Waals surface area contributed by atoms with Gasteiger partial charge >= 0.3 is 0 Å². The highest BCUT2D eigenvalue weighted by Gasteiger charge is 2.23. The highest BCUT2D eigenvalue weighted by atomic mass is 127. The molecule has 0 saturated carbocycles. The number of amides is 1. The summed E-state index contributed by atoms with van der Waals surface area (Å²) < 4.78 is 0. The zero-order valence-electron chi connectivity index (χ0n) is 14.3. The molecule has 1 heterocycles. The van der Waals surface area contributed by atoms with E-state index in [9.17, 15) is 4.79 Å². The van der Waals surface area contributed by atoms with Crippen molar-refractivity contribution in [2.45, 2.75) is 45.6 Å². The second kappa shape index (κ2) is 10.3. The smallest absolute Gasteiger partial charge is 0.217 e. The van der Waals surface area contributed by atoms with Gasteiger partial charge in [-0.3, -0.25) is 9.79 Å². The summed E-state index contributed by atoms with van der Waals surface area (Å²) in [6.07, 6.45) is 2.62. The van der Waals surface area contributed by atoms with Gasteiger partial charge < -0.3 is 21.3 Å². The standard InChI is InChI=1S/C15H31N5O.HI/c1-15(2,3)19-8-7-18-14(17-4)20-9-5-6-12(11-20)10-13(16)21;/h12,19H,5-11H2,1-4H3,(H2,16,21)(H,17,18);1H. The molecule has 22 heavy (non-hydrogen) atoms. The van der Waals surface area contributed by atoms with Crippen LogP contribution in [0.1, 0.15) is 40.0 Å². The quantitative estimate of drug-likeness (QED) is 0.267. The number of likely N-dealkylation sites (tertiary alicyclic amines) is 1. The third-order valence-corrected chi connectivity index (χ3v) is 3.58. The van der Waals surface area contributed by atoms with Gasteiger partial charge in [0.2, 0.25) is 5.91 Å². The van der Waals surface area contributed by atoms with Crippen LogP contribution in [0.3, 0.4) is 0 Å². The van der Waals surface area contributed by atoms with Gasteiger partial charge in [-0.25, -0.2) is 0 Å². The first-order valence-electron chi connectivity index (χ1n) is 7.81. The molecular weight excluding hydrogens is 393 g/mol. The summed E-state index contributed by atoms with van der Waals surface area (Å²) >= 11 is 0. The lowest BCUT2D eigenvalue weighted by Crippen LogP contribution is -2.49. The average Bonchev–Trinajstić information content (AvgIpc) is 2.37. The number of piperidine rings is 1. The van der Waals surface area contributed by atoms with Gasteiger partial charge in [0, 0.05) is 45.2 Å². The highest BCUT2D eigenvalue weighted by Crippen LogP contribution is 2.19. The molecule has 1 saturated heterocycles. The predicted molar refractivity (Wildman–Crippen MR) is 103 cm³/mol. The molecule has 0 aromatic heterocycles. The Morgan fingerprint density at radius 3 is 2.59 bits per heavy atom. The fourth-order valence-corrected chi connectivity index (χ4v) is 2.65. The number of guanidine groups is 1. The first-order valence-corrected chi connectivity index (χ1v) is 7.81. The van der Waals surface area contributed by atoms with Crippen LogP contribution >= 0.6 is 24.0 Å². The molecule has 0 aromatic carbocycles. The number of rotatable bonds is 5. The van der Waals surface area contributed by atoms with Gasteiger partial charge in [0.1, 0.15) is 0 Å². The zero-order valence-corrected chi connectivity index (χ0v) is 16.6. The molecular formula is C15H32IN5O. The molecule has 1 atom stereocenters. The lowest BCUT2D eigenvalue weighted by atomic mass is 9.95. The number of primary amides is 1. The summed E-state index contributed by atoms with van der Waals surface area (Å²) in [5.41, 5.74) is 5.43. The maximum absolute atomic E-state index is 11.1. The maximum atomic E-state index is 11.1. The molecule has 1 amide bonds. The van der Waals surface area contributed by atoms with Crippen LogP contribution in [-0.2, 0) is 4.79 Å². The topological polar surface area (TPSA) is 82.8 Å². The normalized spacial score (nSPS) is 19.5. The van der Waals surface area contributed by atoms with E-state index >= 15 is 0 Å². The van der Waals surface area contributed by atoms with Crippen LogP contribution in [0.15, 0.2) is 4.99 Å². The number of nitrogens with one attached hydrogen (secondary N) is 2. The van der Waals surface area contributed by atoms with E-state index in [1.54, 1.807) is 7.05 Å². The Morgan fingerprint density at radius 1 is 1.36 bits per heavy atom. The SMILES string of the molecule is CN=C(NCCNC(C)(C)C)N1CCCC(CC(N)=O)C1.I.